The maximum atomic E-state index is 13.8. The van der Waals surface area contributed by atoms with Gasteiger partial charge in [0.15, 0.2) is 0 Å². The van der Waals surface area contributed by atoms with E-state index in [0.717, 1.165) is 13.8 Å². The highest BCUT2D eigenvalue weighted by Gasteiger charge is 2.47. The molecule has 1 heterocycles. The number of alkyl halides is 2. The van der Waals surface area contributed by atoms with Crippen LogP contribution in [-0.4, -0.2) is 15.7 Å². The molecule has 0 aliphatic heterocycles. The monoisotopic (exact) mass is 230 g/mol. The van der Waals surface area contributed by atoms with Gasteiger partial charge in [0.05, 0.1) is 5.69 Å². The summed E-state index contributed by atoms with van der Waals surface area (Å²) in [5.74, 6) is -3.33. The van der Waals surface area contributed by atoms with Crippen molar-refractivity contribution in [2.75, 3.05) is 0 Å². The summed E-state index contributed by atoms with van der Waals surface area (Å²) >= 11 is 0. The second-order valence-corrected chi connectivity index (χ2v) is 4.39. The Morgan fingerprint density at radius 3 is 2.44 bits per heavy atom. The quantitative estimate of drug-likeness (QED) is 0.834. The Labute approximate surface area is 93.3 Å². The summed E-state index contributed by atoms with van der Waals surface area (Å²) in [6, 6.07) is 1.99. The maximum absolute atomic E-state index is 13.8. The molecule has 0 aromatic carbocycles. The Bertz CT molecular complexity index is 372. The first-order valence-corrected chi connectivity index (χ1v) is 4.98. The maximum Gasteiger partial charge on any atom is 0.300 e. The second kappa shape index (κ2) is 4.07. The number of aliphatic hydroxyl groups is 1. The van der Waals surface area contributed by atoms with Crippen LogP contribution in [0.3, 0.4) is 0 Å². The van der Waals surface area contributed by atoms with Gasteiger partial charge >= 0.3 is 5.92 Å². The molecular weight excluding hydrogens is 214 g/mol. The fourth-order valence-electron chi connectivity index (χ4n) is 1.25. The topological polar surface area (TPSA) is 59.1 Å². The Balaban J connectivity index is 3.19. The number of nitrogens with zero attached hydrogens (tertiary/aromatic N) is 1. The predicted molar refractivity (Wildman–Crippen MR) is 57.0 cm³/mol. The average molecular weight is 230 g/mol. The molecule has 90 valence electrons. The number of hydrogen-bond acceptors (Lipinski definition) is 3. The van der Waals surface area contributed by atoms with Crippen LogP contribution in [0.25, 0.3) is 0 Å². The van der Waals surface area contributed by atoms with Crippen molar-refractivity contribution in [1.29, 1.82) is 0 Å². The summed E-state index contributed by atoms with van der Waals surface area (Å²) in [6.07, 6.45) is 1.27. The molecule has 1 atom stereocenters. The Morgan fingerprint density at radius 2 is 2.00 bits per heavy atom. The summed E-state index contributed by atoms with van der Waals surface area (Å²) in [4.78, 5) is 3.89. The SMILES string of the molecule is C[C@@H](N)c1cc(C(F)(F)C(C)(C)O)ccn1. The molecule has 0 spiro atoms. The van der Waals surface area contributed by atoms with Crippen LogP contribution in [0.15, 0.2) is 18.3 Å². The third kappa shape index (κ3) is 2.36. The van der Waals surface area contributed by atoms with Crippen LogP contribution in [0.1, 0.15) is 38.1 Å². The number of aromatic nitrogens is 1. The van der Waals surface area contributed by atoms with Crippen molar-refractivity contribution in [1.82, 2.24) is 4.98 Å². The van der Waals surface area contributed by atoms with Crippen LogP contribution in [-0.2, 0) is 5.92 Å². The molecule has 5 heteroatoms. The Kier molecular flexibility index (Phi) is 3.30. The molecule has 1 aromatic rings. The highest BCUT2D eigenvalue weighted by atomic mass is 19.3. The minimum atomic E-state index is -3.33. The summed E-state index contributed by atoms with van der Waals surface area (Å²) in [7, 11) is 0. The lowest BCUT2D eigenvalue weighted by Gasteiger charge is -2.29. The van der Waals surface area contributed by atoms with Crippen molar-refractivity contribution < 1.29 is 13.9 Å². The fourth-order valence-corrected chi connectivity index (χ4v) is 1.25. The molecule has 0 saturated heterocycles. The third-order valence-corrected chi connectivity index (χ3v) is 2.38. The summed E-state index contributed by atoms with van der Waals surface area (Å²) in [5.41, 5.74) is 3.54. The molecule has 0 aliphatic rings. The molecule has 0 amide bonds. The molecule has 0 saturated carbocycles. The van der Waals surface area contributed by atoms with Crippen molar-refractivity contribution >= 4 is 0 Å². The second-order valence-electron chi connectivity index (χ2n) is 4.39. The molecule has 0 fully saturated rings. The standard InChI is InChI=1S/C11H16F2N2O/c1-7(14)9-6-8(4-5-15-9)11(12,13)10(2,3)16/h4-7,16H,14H2,1-3H3/t7-/m1/s1. The van der Waals surface area contributed by atoms with E-state index in [2.05, 4.69) is 4.98 Å². The zero-order valence-electron chi connectivity index (χ0n) is 9.54. The summed E-state index contributed by atoms with van der Waals surface area (Å²) in [6.45, 7) is 3.80. The highest BCUT2D eigenvalue weighted by Crippen LogP contribution is 2.38. The van der Waals surface area contributed by atoms with E-state index in [1.54, 1.807) is 6.92 Å². The number of pyridine rings is 1. The Morgan fingerprint density at radius 1 is 1.44 bits per heavy atom. The van der Waals surface area contributed by atoms with Crippen LogP contribution in [0.2, 0.25) is 0 Å². The molecule has 16 heavy (non-hydrogen) atoms. The molecule has 3 N–H and O–H groups in total. The molecule has 0 radical (unpaired) electrons. The first-order valence-electron chi connectivity index (χ1n) is 4.98. The van der Waals surface area contributed by atoms with E-state index in [9.17, 15) is 13.9 Å². The molecule has 1 rings (SSSR count). The first kappa shape index (κ1) is 13.0. The zero-order valence-corrected chi connectivity index (χ0v) is 9.54. The van der Waals surface area contributed by atoms with Crippen molar-refractivity contribution in [2.45, 2.75) is 38.3 Å². The van der Waals surface area contributed by atoms with Crippen LogP contribution in [0.4, 0.5) is 8.78 Å². The number of hydrogen-bond donors (Lipinski definition) is 2. The molecule has 0 unspecified atom stereocenters. The van der Waals surface area contributed by atoms with Gasteiger partial charge < -0.3 is 10.8 Å². The van der Waals surface area contributed by atoms with E-state index in [1.165, 1.54) is 18.3 Å². The van der Waals surface area contributed by atoms with Gasteiger partial charge in [0.2, 0.25) is 0 Å². The van der Waals surface area contributed by atoms with Gasteiger partial charge in [-0.25, -0.2) is 0 Å². The molecular formula is C11H16F2N2O. The average Bonchev–Trinajstić information content (AvgIpc) is 2.16. The van der Waals surface area contributed by atoms with Crippen LogP contribution in [0.5, 0.6) is 0 Å². The number of halogens is 2. The van der Waals surface area contributed by atoms with Crippen molar-refractivity contribution in [2.24, 2.45) is 5.73 Å². The lowest BCUT2D eigenvalue weighted by molar-refractivity contribution is -0.168. The van der Waals surface area contributed by atoms with Crippen molar-refractivity contribution in [3.8, 4) is 0 Å². The van der Waals surface area contributed by atoms with Gasteiger partial charge in [0, 0.05) is 17.8 Å². The van der Waals surface area contributed by atoms with Crippen LogP contribution >= 0.6 is 0 Å². The molecule has 1 aromatic heterocycles. The van der Waals surface area contributed by atoms with Crippen molar-refractivity contribution in [3.05, 3.63) is 29.6 Å². The minimum Gasteiger partial charge on any atom is -0.384 e. The van der Waals surface area contributed by atoms with E-state index in [-0.39, 0.29) is 5.56 Å². The lowest BCUT2D eigenvalue weighted by Crippen LogP contribution is -2.40. The lowest BCUT2D eigenvalue weighted by atomic mass is 9.93. The van der Waals surface area contributed by atoms with Crippen LogP contribution < -0.4 is 5.73 Å². The molecule has 0 aliphatic carbocycles. The summed E-state index contributed by atoms with van der Waals surface area (Å²) < 4.78 is 27.6. The fraction of sp³-hybridized carbons (Fsp3) is 0.545. The Hall–Kier alpha value is -1.07. The van der Waals surface area contributed by atoms with E-state index >= 15 is 0 Å². The normalized spacial score (nSPS) is 14.9. The summed E-state index contributed by atoms with van der Waals surface area (Å²) in [5, 5.41) is 9.43. The number of nitrogens with two attached hydrogens (primary N) is 1. The molecule has 3 nitrogen and oxygen atoms in total. The van der Waals surface area contributed by atoms with Gasteiger partial charge in [-0.2, -0.15) is 8.78 Å². The number of rotatable bonds is 3. The van der Waals surface area contributed by atoms with Crippen molar-refractivity contribution in [3.63, 3.8) is 0 Å². The predicted octanol–water partition coefficient (Wildman–Crippen LogP) is 1.96. The third-order valence-electron chi connectivity index (χ3n) is 2.38. The van der Waals surface area contributed by atoms with Gasteiger partial charge in [0.1, 0.15) is 5.60 Å². The largest absolute Gasteiger partial charge is 0.384 e. The van der Waals surface area contributed by atoms with E-state index < -0.39 is 17.6 Å². The van der Waals surface area contributed by atoms with E-state index in [0.29, 0.717) is 5.69 Å². The van der Waals surface area contributed by atoms with Gasteiger partial charge in [-0.15, -0.1) is 0 Å². The van der Waals surface area contributed by atoms with Gasteiger partial charge in [0.25, 0.3) is 0 Å². The van der Waals surface area contributed by atoms with E-state index in [1.807, 2.05) is 0 Å². The zero-order chi connectivity index (χ0) is 12.6. The van der Waals surface area contributed by atoms with Crippen LogP contribution in [0, 0.1) is 0 Å². The van der Waals surface area contributed by atoms with Gasteiger partial charge in [-0.1, -0.05) is 0 Å². The van der Waals surface area contributed by atoms with Gasteiger partial charge in [-0.05, 0) is 32.9 Å². The minimum absolute atomic E-state index is 0.276. The first-order chi connectivity index (χ1) is 7.16. The highest BCUT2D eigenvalue weighted by molar-refractivity contribution is 5.25. The van der Waals surface area contributed by atoms with Gasteiger partial charge in [-0.3, -0.25) is 4.98 Å². The molecule has 0 bridgehead atoms. The smallest absolute Gasteiger partial charge is 0.300 e. The van der Waals surface area contributed by atoms with E-state index in [4.69, 9.17) is 5.73 Å².